The van der Waals surface area contributed by atoms with Gasteiger partial charge in [0.1, 0.15) is 0 Å². The summed E-state index contributed by atoms with van der Waals surface area (Å²) in [6.45, 7) is 2.37. The molecule has 4 rings (SSSR count). The molecular formula is C20H30N2O3. The van der Waals surface area contributed by atoms with E-state index in [2.05, 4.69) is 12.2 Å². The van der Waals surface area contributed by atoms with Crippen LogP contribution in [0.4, 0.5) is 0 Å². The number of rotatable bonds is 5. The lowest BCUT2D eigenvalue weighted by atomic mass is 9.81. The van der Waals surface area contributed by atoms with Crippen LogP contribution >= 0.6 is 0 Å². The molecule has 1 aliphatic heterocycles. The average Bonchev–Trinajstić information content (AvgIpc) is 3.29. The minimum absolute atomic E-state index is 0.0225. The number of nitrogens with zero attached hydrogens (tertiary/aromatic N) is 1. The molecule has 0 aromatic heterocycles. The van der Waals surface area contributed by atoms with E-state index in [1.54, 1.807) is 0 Å². The second-order valence-corrected chi connectivity index (χ2v) is 8.77. The fourth-order valence-electron chi connectivity index (χ4n) is 6.00. The van der Waals surface area contributed by atoms with Gasteiger partial charge in [-0.05, 0) is 56.8 Å². The highest BCUT2D eigenvalue weighted by molar-refractivity contribution is 6.05. The number of carbonyl (C=O) groups is 3. The molecule has 0 spiro atoms. The van der Waals surface area contributed by atoms with Crippen LogP contribution in [0.15, 0.2) is 0 Å². The van der Waals surface area contributed by atoms with Crippen molar-refractivity contribution in [3.63, 3.8) is 0 Å². The van der Waals surface area contributed by atoms with Crippen LogP contribution in [0.2, 0.25) is 0 Å². The molecule has 0 unspecified atom stereocenters. The van der Waals surface area contributed by atoms with Crippen molar-refractivity contribution in [3.05, 3.63) is 0 Å². The maximum atomic E-state index is 12.5. The first-order valence-corrected chi connectivity index (χ1v) is 10.2. The van der Waals surface area contributed by atoms with Gasteiger partial charge in [-0.15, -0.1) is 0 Å². The molecule has 3 aliphatic carbocycles. The molecule has 0 aromatic rings. The first kappa shape index (κ1) is 17.0. The number of hydrogen-bond acceptors (Lipinski definition) is 3. The quantitative estimate of drug-likeness (QED) is 0.778. The van der Waals surface area contributed by atoms with Gasteiger partial charge >= 0.3 is 0 Å². The van der Waals surface area contributed by atoms with E-state index in [0.29, 0.717) is 5.92 Å². The number of imide groups is 1. The minimum Gasteiger partial charge on any atom is -0.353 e. The fraction of sp³-hybridized carbons (Fsp3) is 0.850. The summed E-state index contributed by atoms with van der Waals surface area (Å²) >= 11 is 0. The Morgan fingerprint density at radius 1 is 1.08 bits per heavy atom. The summed E-state index contributed by atoms with van der Waals surface area (Å²) in [6, 6.07) is 0.204. The monoisotopic (exact) mass is 346 g/mol. The lowest BCUT2D eigenvalue weighted by Crippen LogP contribution is -2.42. The van der Waals surface area contributed by atoms with Gasteiger partial charge in [-0.2, -0.15) is 0 Å². The van der Waals surface area contributed by atoms with Crippen molar-refractivity contribution >= 4 is 17.7 Å². The van der Waals surface area contributed by atoms with Crippen LogP contribution in [-0.4, -0.2) is 35.2 Å². The van der Waals surface area contributed by atoms with Gasteiger partial charge in [0.25, 0.3) is 0 Å². The van der Waals surface area contributed by atoms with E-state index < -0.39 is 0 Å². The summed E-state index contributed by atoms with van der Waals surface area (Å²) in [5.41, 5.74) is 0. The lowest BCUT2D eigenvalue weighted by molar-refractivity contribution is -0.140. The number of carbonyl (C=O) groups excluding carboxylic acids is 3. The summed E-state index contributed by atoms with van der Waals surface area (Å²) < 4.78 is 0. The number of likely N-dealkylation sites (tertiary alicyclic amines) is 1. The van der Waals surface area contributed by atoms with Crippen LogP contribution in [0.1, 0.15) is 64.7 Å². The summed E-state index contributed by atoms with van der Waals surface area (Å²) in [5.74, 6) is 1.94. The third kappa shape index (κ3) is 3.11. The van der Waals surface area contributed by atoms with Crippen molar-refractivity contribution in [2.75, 3.05) is 6.54 Å². The van der Waals surface area contributed by atoms with Crippen LogP contribution in [0.3, 0.4) is 0 Å². The molecule has 4 fully saturated rings. The van der Waals surface area contributed by atoms with Crippen molar-refractivity contribution in [1.82, 2.24) is 10.2 Å². The molecular weight excluding hydrogens is 316 g/mol. The van der Waals surface area contributed by atoms with Crippen molar-refractivity contribution in [2.45, 2.75) is 70.8 Å². The van der Waals surface area contributed by atoms with Crippen LogP contribution in [0.5, 0.6) is 0 Å². The molecule has 3 saturated carbocycles. The Morgan fingerprint density at radius 2 is 1.76 bits per heavy atom. The first-order valence-electron chi connectivity index (χ1n) is 10.2. The Hall–Kier alpha value is -1.39. The molecule has 3 amide bonds. The second-order valence-electron chi connectivity index (χ2n) is 8.77. The van der Waals surface area contributed by atoms with Crippen LogP contribution < -0.4 is 5.32 Å². The zero-order chi connectivity index (χ0) is 17.6. The first-order chi connectivity index (χ1) is 12.0. The Morgan fingerprint density at radius 3 is 2.32 bits per heavy atom. The Labute approximate surface area is 149 Å². The Kier molecular flexibility index (Phi) is 4.59. The predicted octanol–water partition coefficient (Wildman–Crippen LogP) is 2.49. The Balaban J connectivity index is 1.27. The van der Waals surface area contributed by atoms with E-state index in [-0.39, 0.29) is 48.6 Å². The van der Waals surface area contributed by atoms with E-state index in [1.807, 2.05) is 0 Å². The third-order valence-electron chi connectivity index (χ3n) is 7.32. The molecule has 1 saturated heterocycles. The number of amides is 3. The molecule has 5 nitrogen and oxygen atoms in total. The van der Waals surface area contributed by atoms with Gasteiger partial charge in [0.15, 0.2) is 0 Å². The second kappa shape index (κ2) is 6.73. The van der Waals surface area contributed by atoms with Gasteiger partial charge in [0, 0.05) is 19.0 Å². The maximum Gasteiger partial charge on any atom is 0.233 e. The average molecular weight is 346 g/mol. The van der Waals surface area contributed by atoms with Crippen molar-refractivity contribution < 1.29 is 14.4 Å². The summed E-state index contributed by atoms with van der Waals surface area (Å²) in [5, 5.41) is 3.13. The molecule has 5 heteroatoms. The van der Waals surface area contributed by atoms with Crippen LogP contribution in [-0.2, 0) is 14.4 Å². The van der Waals surface area contributed by atoms with Crippen molar-refractivity contribution in [2.24, 2.45) is 29.6 Å². The van der Waals surface area contributed by atoms with Crippen molar-refractivity contribution in [1.29, 1.82) is 0 Å². The Bertz CT molecular complexity index is 551. The van der Waals surface area contributed by atoms with E-state index in [4.69, 9.17) is 0 Å². The lowest BCUT2D eigenvalue weighted by Gasteiger charge is -2.28. The zero-order valence-electron chi connectivity index (χ0n) is 15.2. The summed E-state index contributed by atoms with van der Waals surface area (Å²) in [4.78, 5) is 38.6. The molecule has 1 N–H and O–H groups in total. The normalized spacial score (nSPS) is 38.1. The predicted molar refractivity (Wildman–Crippen MR) is 93.3 cm³/mol. The highest BCUT2D eigenvalue weighted by atomic mass is 16.2. The zero-order valence-corrected chi connectivity index (χ0v) is 15.2. The summed E-state index contributed by atoms with van der Waals surface area (Å²) in [7, 11) is 0. The van der Waals surface area contributed by atoms with Crippen molar-refractivity contribution in [3.8, 4) is 0 Å². The molecule has 25 heavy (non-hydrogen) atoms. The molecule has 6 atom stereocenters. The maximum absolute atomic E-state index is 12.5. The molecule has 1 heterocycles. The minimum atomic E-state index is -0.114. The third-order valence-corrected chi connectivity index (χ3v) is 7.32. The highest BCUT2D eigenvalue weighted by Gasteiger charge is 2.48. The van der Waals surface area contributed by atoms with E-state index in [1.165, 1.54) is 30.6 Å². The van der Waals surface area contributed by atoms with Gasteiger partial charge < -0.3 is 5.32 Å². The van der Waals surface area contributed by atoms with Gasteiger partial charge in [0.2, 0.25) is 17.7 Å². The van der Waals surface area contributed by atoms with Gasteiger partial charge in [-0.1, -0.05) is 19.3 Å². The fourth-order valence-corrected chi connectivity index (χ4v) is 6.00. The van der Waals surface area contributed by atoms with E-state index in [9.17, 15) is 14.4 Å². The van der Waals surface area contributed by atoms with Gasteiger partial charge in [-0.25, -0.2) is 0 Å². The van der Waals surface area contributed by atoms with Crippen LogP contribution in [0, 0.1) is 29.6 Å². The van der Waals surface area contributed by atoms with E-state index >= 15 is 0 Å². The molecule has 0 aromatic carbocycles. The van der Waals surface area contributed by atoms with Gasteiger partial charge in [0.05, 0.1) is 11.8 Å². The molecule has 2 bridgehead atoms. The molecule has 0 radical (unpaired) electrons. The molecule has 4 aliphatic rings. The number of nitrogens with one attached hydrogen (secondary N) is 1. The smallest absolute Gasteiger partial charge is 0.233 e. The van der Waals surface area contributed by atoms with Crippen LogP contribution in [0.25, 0.3) is 0 Å². The summed E-state index contributed by atoms with van der Waals surface area (Å²) in [6.07, 6.45) is 9.24. The SMILES string of the molecule is C[C@H](NC(=O)CCN1C(=O)[C@H]2CCCC[C@H]2C1=O)[C@@H]1C[C@H]2CC[C@H]1C2. The topological polar surface area (TPSA) is 66.5 Å². The number of fused-ring (bicyclic) bond motifs is 3. The van der Waals surface area contributed by atoms with Gasteiger partial charge in [-0.3, -0.25) is 19.3 Å². The van der Waals surface area contributed by atoms with E-state index in [0.717, 1.165) is 37.5 Å². The standard InChI is InChI=1S/C20H30N2O3/c1-12(17-11-13-6-7-14(17)10-13)21-18(23)8-9-22-19(24)15-4-2-3-5-16(15)20(22)25/h12-17H,2-11H2,1H3,(H,21,23)/t12-,13-,14-,15-,16+,17-/m0/s1. The highest BCUT2D eigenvalue weighted by Crippen LogP contribution is 2.49. The molecule has 138 valence electrons. The number of hydrogen-bond donors (Lipinski definition) is 1. The largest absolute Gasteiger partial charge is 0.353 e.